The van der Waals surface area contributed by atoms with Gasteiger partial charge < -0.3 is 14.8 Å². The van der Waals surface area contributed by atoms with Gasteiger partial charge in [-0.3, -0.25) is 9.59 Å². The molecule has 138 valence electrons. The Hall–Kier alpha value is -2.40. The molecule has 1 aliphatic heterocycles. The van der Waals surface area contributed by atoms with Crippen LogP contribution < -0.4 is 5.56 Å². The van der Waals surface area contributed by atoms with E-state index in [1.807, 2.05) is 11.8 Å². The van der Waals surface area contributed by atoms with Crippen LogP contribution in [0.25, 0.3) is 0 Å². The number of hydrogen-bond acceptors (Lipinski definition) is 3. The third kappa shape index (κ3) is 4.05. The van der Waals surface area contributed by atoms with Crippen molar-refractivity contribution in [3.8, 4) is 0 Å². The fourth-order valence-corrected chi connectivity index (χ4v) is 3.65. The molecule has 26 heavy (non-hydrogen) atoms. The number of pyridine rings is 1. The molecule has 1 aromatic heterocycles. The summed E-state index contributed by atoms with van der Waals surface area (Å²) in [4.78, 5) is 31.7. The van der Waals surface area contributed by atoms with Crippen molar-refractivity contribution in [2.75, 3.05) is 20.6 Å². The molecule has 5 nitrogen and oxygen atoms in total. The molecular weight excluding hydrogens is 326 g/mol. The number of nitrogens with one attached hydrogen (secondary N) is 1. The largest absolute Gasteiger partial charge is 0.332 e. The Morgan fingerprint density at radius 3 is 2.62 bits per heavy atom. The highest BCUT2D eigenvalue weighted by atomic mass is 16.2. The Bertz CT molecular complexity index is 824. The van der Waals surface area contributed by atoms with Crippen molar-refractivity contribution < 1.29 is 4.79 Å². The van der Waals surface area contributed by atoms with Crippen LogP contribution in [0.2, 0.25) is 0 Å². The van der Waals surface area contributed by atoms with E-state index in [0.29, 0.717) is 12.0 Å². The van der Waals surface area contributed by atoms with Crippen molar-refractivity contribution in [1.82, 2.24) is 14.8 Å². The molecule has 1 unspecified atom stereocenters. The molecule has 2 aromatic rings. The van der Waals surface area contributed by atoms with Crippen LogP contribution in [-0.4, -0.2) is 41.3 Å². The molecule has 0 radical (unpaired) electrons. The molecule has 1 amide bonds. The Morgan fingerprint density at radius 2 is 1.96 bits per heavy atom. The van der Waals surface area contributed by atoms with Gasteiger partial charge in [-0.2, -0.15) is 0 Å². The predicted octanol–water partition coefficient (Wildman–Crippen LogP) is 2.98. The summed E-state index contributed by atoms with van der Waals surface area (Å²) < 4.78 is 0. The number of H-pyrrole nitrogens is 1. The Labute approximate surface area is 154 Å². The predicted molar refractivity (Wildman–Crippen MR) is 103 cm³/mol. The molecule has 0 spiro atoms. The zero-order valence-corrected chi connectivity index (χ0v) is 15.8. The lowest BCUT2D eigenvalue weighted by atomic mass is 10.0. The number of nitrogens with zero attached hydrogens (tertiary/aromatic N) is 2. The highest BCUT2D eigenvalue weighted by molar-refractivity contribution is 5.94. The van der Waals surface area contributed by atoms with Crippen LogP contribution in [0, 0.1) is 0 Å². The molecule has 0 saturated carbocycles. The summed E-state index contributed by atoms with van der Waals surface area (Å²) in [5, 5.41) is 0. The maximum atomic E-state index is 13.0. The van der Waals surface area contributed by atoms with E-state index in [2.05, 4.69) is 48.2 Å². The minimum atomic E-state index is -0.212. The lowest BCUT2D eigenvalue weighted by molar-refractivity contribution is 0.0735. The lowest BCUT2D eigenvalue weighted by Crippen LogP contribution is -2.31. The maximum absolute atomic E-state index is 13.0. The first-order valence-corrected chi connectivity index (χ1v) is 9.25. The number of rotatable bonds is 5. The molecule has 0 bridgehead atoms. The highest BCUT2D eigenvalue weighted by Crippen LogP contribution is 2.33. The maximum Gasteiger partial charge on any atom is 0.254 e. The van der Waals surface area contributed by atoms with E-state index >= 15 is 0 Å². The number of carbonyl (C=O) groups excluding carboxylic acids is 1. The molecule has 3 rings (SSSR count). The minimum absolute atomic E-state index is 0.0503. The molecule has 1 fully saturated rings. The standard InChI is InChI=1S/C21H27N3O2/c1-4-18-12-17(13-20(25)22-18)21(26)24-11-5-6-19(24)16-9-7-15(8-10-16)14-23(2)3/h7-10,12-13,19H,4-6,11,14H2,1-3H3,(H,22,25). The van der Waals surface area contributed by atoms with Crippen LogP contribution in [0.15, 0.2) is 41.2 Å². The van der Waals surface area contributed by atoms with E-state index in [0.717, 1.165) is 31.6 Å². The zero-order chi connectivity index (χ0) is 18.7. The first-order chi connectivity index (χ1) is 12.5. The van der Waals surface area contributed by atoms with Crippen molar-refractivity contribution in [1.29, 1.82) is 0 Å². The quantitative estimate of drug-likeness (QED) is 0.899. The van der Waals surface area contributed by atoms with Gasteiger partial charge in [-0.15, -0.1) is 0 Å². The summed E-state index contributed by atoms with van der Waals surface area (Å²) in [6, 6.07) is 11.8. The molecule has 1 aliphatic rings. The van der Waals surface area contributed by atoms with E-state index in [1.165, 1.54) is 17.2 Å². The zero-order valence-electron chi connectivity index (χ0n) is 15.8. The molecule has 1 saturated heterocycles. The van der Waals surface area contributed by atoms with Crippen molar-refractivity contribution in [3.63, 3.8) is 0 Å². The van der Waals surface area contributed by atoms with Gasteiger partial charge in [0, 0.05) is 30.4 Å². The van der Waals surface area contributed by atoms with Gasteiger partial charge in [0.2, 0.25) is 5.56 Å². The van der Waals surface area contributed by atoms with Gasteiger partial charge in [-0.1, -0.05) is 31.2 Å². The molecule has 5 heteroatoms. The number of aryl methyl sites for hydroxylation is 1. The van der Waals surface area contributed by atoms with Gasteiger partial charge in [0.1, 0.15) is 0 Å². The normalized spacial score (nSPS) is 17.1. The van der Waals surface area contributed by atoms with E-state index in [4.69, 9.17) is 0 Å². The van der Waals surface area contributed by atoms with Crippen molar-refractivity contribution in [2.45, 2.75) is 38.8 Å². The summed E-state index contributed by atoms with van der Waals surface area (Å²) in [6.45, 7) is 3.60. The van der Waals surface area contributed by atoms with Gasteiger partial charge >= 0.3 is 0 Å². The second kappa shape index (κ2) is 7.87. The number of carbonyl (C=O) groups is 1. The molecule has 0 aliphatic carbocycles. The third-order valence-corrected chi connectivity index (χ3v) is 4.90. The molecule has 1 atom stereocenters. The molecular formula is C21H27N3O2. The average molecular weight is 353 g/mol. The van der Waals surface area contributed by atoms with E-state index in [1.54, 1.807) is 6.07 Å². The lowest BCUT2D eigenvalue weighted by Gasteiger charge is -2.25. The van der Waals surface area contributed by atoms with E-state index < -0.39 is 0 Å². The number of hydrogen-bond donors (Lipinski definition) is 1. The van der Waals surface area contributed by atoms with Crippen molar-refractivity contribution in [2.24, 2.45) is 0 Å². The van der Waals surface area contributed by atoms with Gasteiger partial charge in [0.15, 0.2) is 0 Å². The van der Waals surface area contributed by atoms with Crippen LogP contribution in [0.5, 0.6) is 0 Å². The minimum Gasteiger partial charge on any atom is -0.332 e. The number of benzene rings is 1. The van der Waals surface area contributed by atoms with Crippen LogP contribution in [0.1, 0.15) is 53.0 Å². The fraction of sp³-hybridized carbons (Fsp3) is 0.429. The van der Waals surface area contributed by atoms with Gasteiger partial charge in [0.05, 0.1) is 6.04 Å². The van der Waals surface area contributed by atoms with Crippen LogP contribution >= 0.6 is 0 Å². The second-order valence-electron chi connectivity index (χ2n) is 7.25. The first kappa shape index (κ1) is 18.4. The molecule has 1 N–H and O–H groups in total. The second-order valence-corrected chi connectivity index (χ2v) is 7.25. The molecule has 2 heterocycles. The molecule has 1 aromatic carbocycles. The SMILES string of the molecule is CCc1cc(C(=O)N2CCCC2c2ccc(CN(C)C)cc2)cc(=O)[nH]1. The van der Waals surface area contributed by atoms with E-state index in [9.17, 15) is 9.59 Å². The average Bonchev–Trinajstić information content (AvgIpc) is 3.10. The Kier molecular flexibility index (Phi) is 5.57. The van der Waals surface area contributed by atoms with Crippen LogP contribution in [0.4, 0.5) is 0 Å². The first-order valence-electron chi connectivity index (χ1n) is 9.25. The van der Waals surface area contributed by atoms with E-state index in [-0.39, 0.29) is 17.5 Å². The highest BCUT2D eigenvalue weighted by Gasteiger charge is 2.30. The topological polar surface area (TPSA) is 56.4 Å². The summed E-state index contributed by atoms with van der Waals surface area (Å²) in [5.41, 5.74) is 3.50. The third-order valence-electron chi connectivity index (χ3n) is 4.90. The van der Waals surface area contributed by atoms with Crippen LogP contribution in [0.3, 0.4) is 0 Å². The van der Waals surface area contributed by atoms with Crippen molar-refractivity contribution in [3.05, 3.63) is 69.1 Å². The smallest absolute Gasteiger partial charge is 0.254 e. The number of likely N-dealkylation sites (tertiary alicyclic amines) is 1. The van der Waals surface area contributed by atoms with Crippen LogP contribution in [-0.2, 0) is 13.0 Å². The monoisotopic (exact) mass is 353 g/mol. The number of aromatic nitrogens is 1. The summed E-state index contributed by atoms with van der Waals surface area (Å²) >= 11 is 0. The summed E-state index contributed by atoms with van der Waals surface area (Å²) in [6.07, 6.45) is 2.65. The Balaban J connectivity index is 1.82. The summed E-state index contributed by atoms with van der Waals surface area (Å²) in [7, 11) is 4.11. The van der Waals surface area contributed by atoms with Gasteiger partial charge in [-0.25, -0.2) is 0 Å². The fourth-order valence-electron chi connectivity index (χ4n) is 3.65. The van der Waals surface area contributed by atoms with Crippen molar-refractivity contribution >= 4 is 5.91 Å². The number of aromatic amines is 1. The summed E-state index contributed by atoms with van der Waals surface area (Å²) in [5.74, 6) is -0.0503. The number of amides is 1. The Morgan fingerprint density at radius 1 is 1.23 bits per heavy atom. The van der Waals surface area contributed by atoms with Gasteiger partial charge in [0.25, 0.3) is 5.91 Å². The van der Waals surface area contributed by atoms with Gasteiger partial charge in [-0.05, 0) is 50.6 Å².